The zero-order chi connectivity index (χ0) is 37.0. The summed E-state index contributed by atoms with van der Waals surface area (Å²) >= 11 is 1.66. The van der Waals surface area contributed by atoms with Gasteiger partial charge in [-0.2, -0.15) is 11.8 Å². The second kappa shape index (κ2) is 19.2. The molecule has 5 rings (SSSR count). The number of amides is 1. The van der Waals surface area contributed by atoms with Gasteiger partial charge in [0.15, 0.2) is 11.5 Å². The fourth-order valence-electron chi connectivity index (χ4n) is 6.88. The molecule has 1 unspecified atom stereocenters. The molecule has 2 aliphatic rings. The van der Waals surface area contributed by atoms with Gasteiger partial charge in [0.05, 0.1) is 33.4 Å². The van der Waals surface area contributed by atoms with Crippen LogP contribution in [0, 0.1) is 20.8 Å². The summed E-state index contributed by atoms with van der Waals surface area (Å²) in [5, 5.41) is 0. The average molecular weight is 731 g/mol. The highest BCUT2D eigenvalue weighted by atomic mass is 32.2. The van der Waals surface area contributed by atoms with Crippen LogP contribution in [0.15, 0.2) is 67.3 Å². The number of morpholine rings is 1. The van der Waals surface area contributed by atoms with E-state index in [2.05, 4.69) is 43.5 Å². The lowest BCUT2D eigenvalue weighted by atomic mass is 9.91. The number of nitrogens with zero attached hydrogens (tertiary/aromatic N) is 2. The van der Waals surface area contributed by atoms with Crippen LogP contribution in [0.1, 0.15) is 58.2 Å². The van der Waals surface area contributed by atoms with E-state index in [0.29, 0.717) is 43.2 Å². The minimum Gasteiger partial charge on any atom is -0.493 e. The van der Waals surface area contributed by atoms with Crippen LogP contribution < -0.4 is 14.2 Å². The van der Waals surface area contributed by atoms with Gasteiger partial charge in [-0.3, -0.25) is 9.69 Å². The first kappa shape index (κ1) is 39.2. The Balaban J connectivity index is 1.36. The van der Waals surface area contributed by atoms with Crippen molar-refractivity contribution < 1.29 is 33.3 Å². The van der Waals surface area contributed by atoms with E-state index < -0.39 is 24.0 Å². The second-order valence-corrected chi connectivity index (χ2v) is 14.7. The lowest BCUT2D eigenvalue weighted by molar-refractivity contribution is -0.159. The van der Waals surface area contributed by atoms with E-state index in [0.717, 1.165) is 67.5 Å². The summed E-state index contributed by atoms with van der Waals surface area (Å²) < 4.78 is 29.3. The molecule has 2 aliphatic heterocycles. The Morgan fingerprint density at radius 1 is 0.962 bits per heavy atom. The number of rotatable bonds is 16. The van der Waals surface area contributed by atoms with Crippen LogP contribution in [0.5, 0.6) is 17.2 Å². The number of aryl methyl sites for hydroxylation is 4. The molecule has 0 N–H and O–H groups in total. The highest BCUT2D eigenvalue weighted by Gasteiger charge is 2.38. The van der Waals surface area contributed by atoms with Crippen molar-refractivity contribution in [3.8, 4) is 17.2 Å². The fraction of sp³-hybridized carbons (Fsp3) is 0.476. The first-order chi connectivity index (χ1) is 25.2. The molecule has 2 saturated heterocycles. The minimum atomic E-state index is -0.725. The van der Waals surface area contributed by atoms with Crippen LogP contribution in [-0.4, -0.2) is 99.4 Å². The van der Waals surface area contributed by atoms with Gasteiger partial charge in [0, 0.05) is 37.7 Å². The predicted octanol–water partition coefficient (Wildman–Crippen LogP) is 6.86. The van der Waals surface area contributed by atoms with Gasteiger partial charge in [-0.1, -0.05) is 42.5 Å². The van der Waals surface area contributed by atoms with Gasteiger partial charge in [-0.25, -0.2) is 4.79 Å². The van der Waals surface area contributed by atoms with Crippen LogP contribution in [0.4, 0.5) is 0 Å². The summed E-state index contributed by atoms with van der Waals surface area (Å²) in [7, 11) is 3.19. The second-order valence-electron chi connectivity index (χ2n) is 13.5. The largest absolute Gasteiger partial charge is 0.493 e. The molecule has 2 fully saturated rings. The smallest absolute Gasteiger partial charge is 0.330 e. The van der Waals surface area contributed by atoms with Gasteiger partial charge >= 0.3 is 5.97 Å². The molecule has 2 heterocycles. The average Bonchev–Trinajstić information content (AvgIpc) is 3.16. The normalized spacial score (nSPS) is 17.6. The van der Waals surface area contributed by atoms with E-state index in [9.17, 15) is 9.59 Å². The Bertz CT molecular complexity index is 1670. The molecule has 52 heavy (non-hydrogen) atoms. The highest BCUT2D eigenvalue weighted by Crippen LogP contribution is 2.37. The molecule has 3 aromatic carbocycles. The fourth-order valence-corrected chi connectivity index (χ4v) is 7.91. The Kier molecular flexibility index (Phi) is 14.5. The summed E-state index contributed by atoms with van der Waals surface area (Å²) in [6.45, 7) is 15.2. The molecule has 0 radical (unpaired) electrons. The SMILES string of the molecule is C=CC[C@H](C(=O)N1CCSC[C@H]1C(=O)OC(CCc1ccc(C)c(C)c1)c1cccc(OCCN2CCOCC2)c1)c1cc(C)c(OC)c(OC)c1. The molecule has 10 heteroatoms. The maximum absolute atomic E-state index is 14.4. The number of thioether (sulfide) groups is 1. The lowest BCUT2D eigenvalue weighted by Gasteiger charge is -2.37. The highest BCUT2D eigenvalue weighted by molar-refractivity contribution is 7.99. The van der Waals surface area contributed by atoms with Gasteiger partial charge in [0.2, 0.25) is 5.91 Å². The van der Waals surface area contributed by atoms with Crippen LogP contribution in [-0.2, 0) is 25.5 Å². The van der Waals surface area contributed by atoms with Crippen LogP contribution in [0.3, 0.4) is 0 Å². The minimum absolute atomic E-state index is 0.129. The number of hydrogen-bond donors (Lipinski definition) is 0. The van der Waals surface area contributed by atoms with Crippen molar-refractivity contribution in [1.82, 2.24) is 9.80 Å². The number of hydrogen-bond acceptors (Lipinski definition) is 9. The Hall–Kier alpha value is -3.99. The summed E-state index contributed by atoms with van der Waals surface area (Å²) in [6, 6.07) is 17.4. The van der Waals surface area contributed by atoms with Crippen molar-refractivity contribution in [3.63, 3.8) is 0 Å². The summed E-state index contributed by atoms with van der Waals surface area (Å²) in [5.41, 5.74) is 6.18. The summed E-state index contributed by atoms with van der Waals surface area (Å²) in [6.07, 6.45) is 2.94. The molecule has 0 aliphatic carbocycles. The quantitative estimate of drug-likeness (QED) is 0.116. The van der Waals surface area contributed by atoms with Gasteiger partial charge in [0.25, 0.3) is 0 Å². The Morgan fingerprint density at radius 2 is 1.77 bits per heavy atom. The molecule has 0 aromatic heterocycles. The zero-order valence-electron chi connectivity index (χ0n) is 31.4. The van der Waals surface area contributed by atoms with E-state index >= 15 is 0 Å². The Labute approximate surface area is 313 Å². The molecule has 0 bridgehead atoms. The Morgan fingerprint density at radius 3 is 2.50 bits per heavy atom. The van der Waals surface area contributed by atoms with Gasteiger partial charge in [-0.15, -0.1) is 6.58 Å². The zero-order valence-corrected chi connectivity index (χ0v) is 32.2. The number of carbonyl (C=O) groups excluding carboxylic acids is 2. The van der Waals surface area contributed by atoms with Crippen LogP contribution >= 0.6 is 11.8 Å². The third kappa shape index (κ3) is 10.1. The van der Waals surface area contributed by atoms with Crippen molar-refractivity contribution in [3.05, 3.63) is 101 Å². The number of ether oxygens (including phenoxy) is 5. The molecular weight excluding hydrogens is 677 g/mol. The predicted molar refractivity (Wildman–Crippen MR) is 207 cm³/mol. The van der Waals surface area contributed by atoms with Crippen LogP contribution in [0.2, 0.25) is 0 Å². The van der Waals surface area contributed by atoms with Gasteiger partial charge in [-0.05, 0) is 91.6 Å². The van der Waals surface area contributed by atoms with Crippen molar-refractivity contribution in [2.45, 2.75) is 58.1 Å². The third-order valence-corrected chi connectivity index (χ3v) is 11.0. The van der Waals surface area contributed by atoms with Crippen molar-refractivity contribution >= 4 is 23.6 Å². The molecular formula is C42H54N2O7S. The number of allylic oxidation sites excluding steroid dienone is 1. The lowest BCUT2D eigenvalue weighted by Crippen LogP contribution is -2.52. The number of esters is 1. The van der Waals surface area contributed by atoms with E-state index in [1.165, 1.54) is 16.7 Å². The van der Waals surface area contributed by atoms with E-state index in [-0.39, 0.29) is 5.91 Å². The van der Waals surface area contributed by atoms with Gasteiger partial charge < -0.3 is 28.6 Å². The third-order valence-electron chi connectivity index (χ3n) is 10.0. The van der Waals surface area contributed by atoms with Crippen molar-refractivity contribution in [1.29, 1.82) is 0 Å². The topological polar surface area (TPSA) is 86.8 Å². The monoisotopic (exact) mass is 730 g/mol. The van der Waals surface area contributed by atoms with E-state index in [4.69, 9.17) is 23.7 Å². The molecule has 280 valence electrons. The molecule has 3 aromatic rings. The molecule has 3 atom stereocenters. The van der Waals surface area contributed by atoms with Crippen molar-refractivity contribution in [2.24, 2.45) is 0 Å². The molecule has 0 spiro atoms. The summed E-state index contributed by atoms with van der Waals surface area (Å²) in [5.74, 6) is 2.06. The first-order valence-corrected chi connectivity index (χ1v) is 19.4. The maximum atomic E-state index is 14.4. The number of benzene rings is 3. The molecule has 9 nitrogen and oxygen atoms in total. The number of carbonyl (C=O) groups is 2. The van der Waals surface area contributed by atoms with E-state index in [1.807, 2.05) is 43.3 Å². The molecule has 1 amide bonds. The maximum Gasteiger partial charge on any atom is 0.330 e. The molecule has 0 saturated carbocycles. The summed E-state index contributed by atoms with van der Waals surface area (Å²) in [4.78, 5) is 32.7. The number of methoxy groups -OCH3 is 2. The standard InChI is InChI=1S/C42H54N2O7S/c1-7-9-36(34-25-31(4)40(48-6)39(27-34)47-5)41(45)44-19-23-52-28-37(44)42(46)51-38(15-14-32-13-12-29(2)30(3)24-32)33-10-8-11-35(26-33)50-22-18-43-16-20-49-21-17-43/h7-8,10-13,24-27,36-38H,1,9,14-23,28H2,2-6H3/t36-,37-,38?/m0/s1. The first-order valence-electron chi connectivity index (χ1n) is 18.2. The van der Waals surface area contributed by atoms with Crippen molar-refractivity contribution in [2.75, 3.05) is 71.7 Å². The van der Waals surface area contributed by atoms with Crippen LogP contribution in [0.25, 0.3) is 0 Å². The van der Waals surface area contributed by atoms with Gasteiger partial charge in [0.1, 0.15) is 24.5 Å². The van der Waals surface area contributed by atoms with E-state index in [1.54, 1.807) is 37.0 Å².